The van der Waals surface area contributed by atoms with Gasteiger partial charge in [-0.15, -0.1) is 24.8 Å². The van der Waals surface area contributed by atoms with Crippen molar-refractivity contribution in [1.82, 2.24) is 14.9 Å². The van der Waals surface area contributed by atoms with Crippen LogP contribution in [0.4, 0.5) is 5.82 Å². The van der Waals surface area contributed by atoms with Gasteiger partial charge < -0.3 is 10.6 Å². The molecule has 1 aromatic rings. The summed E-state index contributed by atoms with van der Waals surface area (Å²) in [5.74, 6) is 3.46. The minimum Gasteiger partial charge on any atom is -0.354 e. The lowest BCUT2D eigenvalue weighted by atomic mass is 9.78. The molecule has 3 aliphatic carbocycles. The molecule has 7 heteroatoms. The standard InChI is InChI=1S/C20H31N5.2ClH/c21-16-11-15(12-16)18-13-19(23-20(22-18)14-5-6-14)25-9-7-24(8-10-25)17-3-1-2-4-17;;/h13-17H,1-12,21H2;2*1H. The van der Waals surface area contributed by atoms with Crippen LogP contribution in [-0.4, -0.2) is 53.1 Å². The number of piperazine rings is 1. The van der Waals surface area contributed by atoms with Crippen molar-refractivity contribution in [2.75, 3.05) is 31.1 Å². The first-order chi connectivity index (χ1) is 12.3. The van der Waals surface area contributed by atoms with Crippen LogP contribution in [0, 0.1) is 0 Å². The molecular formula is C20H33Cl2N5. The van der Waals surface area contributed by atoms with Crippen molar-refractivity contribution in [3.05, 3.63) is 17.6 Å². The molecule has 0 radical (unpaired) electrons. The van der Waals surface area contributed by atoms with E-state index < -0.39 is 0 Å². The minimum atomic E-state index is 0. The van der Waals surface area contributed by atoms with Gasteiger partial charge in [-0.3, -0.25) is 4.90 Å². The van der Waals surface area contributed by atoms with Crippen molar-refractivity contribution in [2.24, 2.45) is 5.73 Å². The van der Waals surface area contributed by atoms with E-state index in [0.29, 0.717) is 17.9 Å². The van der Waals surface area contributed by atoms with E-state index in [1.54, 1.807) is 0 Å². The molecule has 1 aromatic heterocycles. The minimum absolute atomic E-state index is 0. The monoisotopic (exact) mass is 413 g/mol. The van der Waals surface area contributed by atoms with Gasteiger partial charge in [-0.25, -0.2) is 9.97 Å². The topological polar surface area (TPSA) is 58.3 Å². The second kappa shape index (κ2) is 8.81. The number of rotatable bonds is 4. The van der Waals surface area contributed by atoms with Gasteiger partial charge in [0, 0.05) is 61.9 Å². The third-order valence-electron chi connectivity index (χ3n) is 6.76. The summed E-state index contributed by atoms with van der Waals surface area (Å²) in [5.41, 5.74) is 7.27. The lowest BCUT2D eigenvalue weighted by molar-refractivity contribution is 0.187. The quantitative estimate of drug-likeness (QED) is 0.818. The molecule has 1 aliphatic heterocycles. The Bertz CT molecular complexity index is 619. The highest BCUT2D eigenvalue weighted by Crippen LogP contribution is 2.41. The molecule has 152 valence electrons. The van der Waals surface area contributed by atoms with E-state index in [1.807, 2.05) is 0 Å². The molecule has 5 rings (SSSR count). The maximum absolute atomic E-state index is 6.01. The Kier molecular flexibility index (Phi) is 6.88. The Balaban J connectivity index is 0.00000105. The molecule has 4 aliphatic rings. The highest BCUT2D eigenvalue weighted by atomic mass is 35.5. The molecule has 4 fully saturated rings. The Morgan fingerprint density at radius 3 is 2.11 bits per heavy atom. The van der Waals surface area contributed by atoms with Crippen molar-refractivity contribution < 1.29 is 0 Å². The second-order valence-corrected chi connectivity index (χ2v) is 8.67. The molecule has 0 unspecified atom stereocenters. The van der Waals surface area contributed by atoms with Gasteiger partial charge in [0.2, 0.25) is 0 Å². The molecular weight excluding hydrogens is 381 g/mol. The van der Waals surface area contributed by atoms with E-state index in [2.05, 4.69) is 15.9 Å². The van der Waals surface area contributed by atoms with Crippen molar-refractivity contribution in [3.8, 4) is 0 Å². The number of anilines is 1. The van der Waals surface area contributed by atoms with E-state index in [9.17, 15) is 0 Å². The Morgan fingerprint density at radius 1 is 0.852 bits per heavy atom. The molecule has 0 aromatic carbocycles. The van der Waals surface area contributed by atoms with Crippen LogP contribution in [0.3, 0.4) is 0 Å². The number of hydrogen-bond donors (Lipinski definition) is 1. The van der Waals surface area contributed by atoms with Gasteiger partial charge >= 0.3 is 0 Å². The molecule has 5 nitrogen and oxygen atoms in total. The zero-order valence-electron chi connectivity index (χ0n) is 16.1. The molecule has 0 atom stereocenters. The summed E-state index contributed by atoms with van der Waals surface area (Å²) in [6, 6.07) is 3.50. The number of hydrogen-bond acceptors (Lipinski definition) is 5. The van der Waals surface area contributed by atoms with Gasteiger partial charge in [-0.1, -0.05) is 12.8 Å². The lowest BCUT2D eigenvalue weighted by Gasteiger charge is -2.39. The Morgan fingerprint density at radius 2 is 1.52 bits per heavy atom. The van der Waals surface area contributed by atoms with Crippen LogP contribution < -0.4 is 10.6 Å². The van der Waals surface area contributed by atoms with E-state index in [4.69, 9.17) is 15.7 Å². The summed E-state index contributed by atoms with van der Waals surface area (Å²) in [4.78, 5) is 15.1. The van der Waals surface area contributed by atoms with Crippen LogP contribution in [0.1, 0.15) is 74.7 Å². The van der Waals surface area contributed by atoms with Crippen LogP contribution in [-0.2, 0) is 0 Å². The van der Waals surface area contributed by atoms with Crippen molar-refractivity contribution in [2.45, 2.75) is 75.3 Å². The van der Waals surface area contributed by atoms with Gasteiger partial charge in [0.15, 0.2) is 0 Å². The fourth-order valence-corrected chi connectivity index (χ4v) is 4.86. The first-order valence-corrected chi connectivity index (χ1v) is 10.4. The Hall–Kier alpha value is -0.620. The van der Waals surface area contributed by atoms with Gasteiger partial charge in [0.1, 0.15) is 11.6 Å². The lowest BCUT2D eigenvalue weighted by Crippen LogP contribution is -2.50. The van der Waals surface area contributed by atoms with Crippen LogP contribution in [0.15, 0.2) is 6.07 Å². The fourth-order valence-electron chi connectivity index (χ4n) is 4.86. The average Bonchev–Trinajstić information content (AvgIpc) is 3.33. The van der Waals surface area contributed by atoms with Crippen LogP contribution in [0.5, 0.6) is 0 Å². The summed E-state index contributed by atoms with van der Waals surface area (Å²) in [6.07, 6.45) is 10.4. The predicted octanol–water partition coefficient (Wildman–Crippen LogP) is 3.47. The molecule has 1 saturated heterocycles. The van der Waals surface area contributed by atoms with E-state index in [-0.39, 0.29) is 24.8 Å². The molecule has 0 amide bonds. The maximum Gasteiger partial charge on any atom is 0.134 e. The highest BCUT2D eigenvalue weighted by Gasteiger charge is 2.33. The second-order valence-electron chi connectivity index (χ2n) is 8.67. The van der Waals surface area contributed by atoms with Gasteiger partial charge in [0.05, 0.1) is 0 Å². The third kappa shape index (κ3) is 4.52. The molecule has 0 bridgehead atoms. The SMILES string of the molecule is Cl.Cl.NC1CC(c2cc(N3CCN(C4CCCC4)CC3)nc(C3CC3)n2)C1. The number of nitrogens with two attached hydrogens (primary N) is 1. The molecule has 27 heavy (non-hydrogen) atoms. The highest BCUT2D eigenvalue weighted by molar-refractivity contribution is 5.85. The third-order valence-corrected chi connectivity index (χ3v) is 6.76. The van der Waals surface area contributed by atoms with Crippen molar-refractivity contribution in [1.29, 1.82) is 0 Å². The normalized spacial score (nSPS) is 29.0. The summed E-state index contributed by atoms with van der Waals surface area (Å²) >= 11 is 0. The number of aromatic nitrogens is 2. The van der Waals surface area contributed by atoms with Crippen molar-refractivity contribution >= 4 is 30.6 Å². The zero-order chi connectivity index (χ0) is 16.8. The molecule has 2 N–H and O–H groups in total. The first kappa shape index (κ1) is 21.1. The first-order valence-electron chi connectivity index (χ1n) is 10.4. The summed E-state index contributed by atoms with van der Waals surface area (Å²) < 4.78 is 0. The molecule has 2 heterocycles. The summed E-state index contributed by atoms with van der Waals surface area (Å²) in [5, 5.41) is 0. The molecule has 0 spiro atoms. The fraction of sp³-hybridized carbons (Fsp3) is 0.800. The van der Waals surface area contributed by atoms with E-state index >= 15 is 0 Å². The smallest absolute Gasteiger partial charge is 0.134 e. The zero-order valence-corrected chi connectivity index (χ0v) is 17.7. The van der Waals surface area contributed by atoms with Crippen molar-refractivity contribution in [3.63, 3.8) is 0 Å². The van der Waals surface area contributed by atoms with Crippen LogP contribution >= 0.6 is 24.8 Å². The predicted molar refractivity (Wildman–Crippen MR) is 114 cm³/mol. The van der Waals surface area contributed by atoms with Crippen LogP contribution in [0.2, 0.25) is 0 Å². The van der Waals surface area contributed by atoms with Crippen LogP contribution in [0.25, 0.3) is 0 Å². The maximum atomic E-state index is 6.01. The summed E-state index contributed by atoms with van der Waals surface area (Å²) in [7, 11) is 0. The number of halogens is 2. The molecule has 3 saturated carbocycles. The Labute approximate surface area is 175 Å². The van der Waals surface area contributed by atoms with Gasteiger partial charge in [-0.2, -0.15) is 0 Å². The van der Waals surface area contributed by atoms with E-state index in [0.717, 1.165) is 37.8 Å². The largest absolute Gasteiger partial charge is 0.354 e. The van der Waals surface area contributed by atoms with E-state index in [1.165, 1.54) is 63.1 Å². The number of nitrogens with zero attached hydrogens (tertiary/aromatic N) is 4. The van der Waals surface area contributed by atoms with Gasteiger partial charge in [-0.05, 0) is 38.5 Å². The van der Waals surface area contributed by atoms with Gasteiger partial charge in [0.25, 0.3) is 0 Å². The average molecular weight is 414 g/mol. The summed E-state index contributed by atoms with van der Waals surface area (Å²) in [6.45, 7) is 4.61.